The third kappa shape index (κ3) is 6.62. The van der Waals surface area contributed by atoms with Gasteiger partial charge in [-0.3, -0.25) is 4.90 Å². The molecule has 5 heteroatoms. The number of thioether (sulfide) groups is 1. The van der Waals surface area contributed by atoms with Crippen molar-refractivity contribution in [1.29, 1.82) is 0 Å². The van der Waals surface area contributed by atoms with Crippen molar-refractivity contribution >= 4 is 11.8 Å². The molecule has 0 aliphatic carbocycles. The number of β-amino-alcohol motifs (C(OH)–C–C–N with tert-alkyl or cyclic N) is 1. The highest BCUT2D eigenvalue weighted by Crippen LogP contribution is 2.29. The van der Waals surface area contributed by atoms with Crippen molar-refractivity contribution in [3.63, 3.8) is 0 Å². The van der Waals surface area contributed by atoms with E-state index in [1.54, 1.807) is 7.11 Å². The van der Waals surface area contributed by atoms with Gasteiger partial charge in [-0.25, -0.2) is 0 Å². The molecule has 0 spiro atoms. The Balaban J connectivity index is 2.15. The largest absolute Gasteiger partial charge is 0.390 e. The minimum atomic E-state index is -0.286. The van der Waals surface area contributed by atoms with E-state index in [9.17, 15) is 5.11 Å². The number of aliphatic hydroxyl groups excluding tert-OH is 1. The van der Waals surface area contributed by atoms with E-state index in [0.717, 1.165) is 31.9 Å². The van der Waals surface area contributed by atoms with E-state index in [2.05, 4.69) is 24.1 Å². The maximum atomic E-state index is 9.92. The Kier molecular flexibility index (Phi) is 6.80. The average molecular weight is 262 g/mol. The van der Waals surface area contributed by atoms with Gasteiger partial charge in [0.05, 0.1) is 12.7 Å². The molecular formula is C12H26N2O2S. The summed E-state index contributed by atoms with van der Waals surface area (Å²) in [6.45, 7) is 9.60. The summed E-state index contributed by atoms with van der Waals surface area (Å²) in [5.74, 6) is 1.16. The number of ether oxygens (including phenoxy) is 1. The predicted molar refractivity (Wildman–Crippen MR) is 73.7 cm³/mol. The van der Waals surface area contributed by atoms with Gasteiger partial charge in [0.25, 0.3) is 0 Å². The summed E-state index contributed by atoms with van der Waals surface area (Å²) >= 11 is 2.02. The Morgan fingerprint density at radius 3 is 2.94 bits per heavy atom. The highest BCUT2D eigenvalue weighted by Gasteiger charge is 2.27. The normalized spacial score (nSPS) is 22.6. The van der Waals surface area contributed by atoms with E-state index >= 15 is 0 Å². The molecule has 1 atom stereocenters. The number of methoxy groups -OCH3 is 1. The SMILES string of the molecule is COCCNCC(O)CN1CCSC(C)(C)C1. The number of nitrogens with zero attached hydrogens (tertiary/aromatic N) is 1. The van der Waals surface area contributed by atoms with Crippen LogP contribution in [0, 0.1) is 0 Å². The molecule has 1 aliphatic rings. The maximum Gasteiger partial charge on any atom is 0.0791 e. The summed E-state index contributed by atoms with van der Waals surface area (Å²) < 4.78 is 5.26. The minimum Gasteiger partial charge on any atom is -0.390 e. The molecule has 0 aromatic rings. The quantitative estimate of drug-likeness (QED) is 0.651. The lowest BCUT2D eigenvalue weighted by molar-refractivity contribution is 0.106. The second-order valence-electron chi connectivity index (χ2n) is 5.19. The summed E-state index contributed by atoms with van der Waals surface area (Å²) in [7, 11) is 1.69. The van der Waals surface area contributed by atoms with Gasteiger partial charge in [-0.2, -0.15) is 11.8 Å². The first-order chi connectivity index (χ1) is 8.03. The minimum absolute atomic E-state index is 0.286. The topological polar surface area (TPSA) is 44.7 Å². The summed E-state index contributed by atoms with van der Waals surface area (Å²) in [6, 6.07) is 0. The van der Waals surface area contributed by atoms with E-state index in [0.29, 0.717) is 17.9 Å². The van der Waals surface area contributed by atoms with Gasteiger partial charge >= 0.3 is 0 Å². The molecular weight excluding hydrogens is 236 g/mol. The standard InChI is InChI=1S/C12H26N2O2S/c1-12(2)10-14(5-7-17-12)9-11(15)8-13-4-6-16-3/h11,13,15H,4-10H2,1-3H3. The third-order valence-electron chi connectivity index (χ3n) is 2.84. The maximum absolute atomic E-state index is 9.92. The van der Waals surface area contributed by atoms with Crippen LogP contribution in [0.3, 0.4) is 0 Å². The lowest BCUT2D eigenvalue weighted by atomic mass is 10.1. The molecule has 0 aromatic carbocycles. The van der Waals surface area contributed by atoms with E-state index < -0.39 is 0 Å². The molecule has 17 heavy (non-hydrogen) atoms. The van der Waals surface area contributed by atoms with Crippen molar-refractivity contribution in [2.24, 2.45) is 0 Å². The zero-order chi connectivity index (χ0) is 12.7. The molecule has 0 aromatic heterocycles. The fourth-order valence-electron chi connectivity index (χ4n) is 2.08. The summed E-state index contributed by atoms with van der Waals surface area (Å²) in [5.41, 5.74) is 0. The lowest BCUT2D eigenvalue weighted by Gasteiger charge is -2.38. The molecule has 0 radical (unpaired) electrons. The van der Waals surface area contributed by atoms with Crippen LogP contribution in [0.1, 0.15) is 13.8 Å². The van der Waals surface area contributed by atoms with Gasteiger partial charge in [0, 0.05) is 50.3 Å². The first-order valence-electron chi connectivity index (χ1n) is 6.27. The van der Waals surface area contributed by atoms with Gasteiger partial charge in [0.15, 0.2) is 0 Å². The molecule has 0 amide bonds. The fourth-order valence-corrected chi connectivity index (χ4v) is 3.25. The molecule has 2 N–H and O–H groups in total. The van der Waals surface area contributed by atoms with Gasteiger partial charge in [-0.15, -0.1) is 0 Å². The van der Waals surface area contributed by atoms with Gasteiger partial charge in [-0.05, 0) is 13.8 Å². The van der Waals surface area contributed by atoms with Crippen LogP contribution >= 0.6 is 11.8 Å². The van der Waals surface area contributed by atoms with Crippen LogP contribution in [0.2, 0.25) is 0 Å². The molecule has 1 heterocycles. The second kappa shape index (κ2) is 7.59. The van der Waals surface area contributed by atoms with Crippen molar-refractivity contribution in [2.45, 2.75) is 24.7 Å². The van der Waals surface area contributed by atoms with E-state index in [4.69, 9.17) is 4.74 Å². The number of hydrogen-bond donors (Lipinski definition) is 2. The summed E-state index contributed by atoms with van der Waals surface area (Å²) in [4.78, 5) is 2.36. The van der Waals surface area contributed by atoms with Crippen LogP contribution in [0.4, 0.5) is 0 Å². The van der Waals surface area contributed by atoms with Crippen LogP contribution in [0.15, 0.2) is 0 Å². The Morgan fingerprint density at radius 1 is 1.53 bits per heavy atom. The van der Waals surface area contributed by atoms with Gasteiger partial charge in [0.1, 0.15) is 0 Å². The molecule has 4 nitrogen and oxygen atoms in total. The predicted octanol–water partition coefficient (Wildman–Crippen LogP) is 0.411. The van der Waals surface area contributed by atoms with Crippen molar-refractivity contribution < 1.29 is 9.84 Å². The first-order valence-corrected chi connectivity index (χ1v) is 7.26. The van der Waals surface area contributed by atoms with Crippen LogP contribution < -0.4 is 5.32 Å². The van der Waals surface area contributed by atoms with Crippen molar-refractivity contribution in [2.75, 3.05) is 52.2 Å². The van der Waals surface area contributed by atoms with Gasteiger partial charge in [0.2, 0.25) is 0 Å². The molecule has 1 aliphatic heterocycles. The smallest absolute Gasteiger partial charge is 0.0791 e. The summed E-state index contributed by atoms with van der Waals surface area (Å²) in [6.07, 6.45) is -0.286. The Hall–Kier alpha value is 0.190. The number of nitrogens with one attached hydrogen (secondary N) is 1. The first kappa shape index (κ1) is 15.2. The highest BCUT2D eigenvalue weighted by atomic mass is 32.2. The zero-order valence-corrected chi connectivity index (χ0v) is 12.1. The lowest BCUT2D eigenvalue weighted by Crippen LogP contribution is -2.47. The van der Waals surface area contributed by atoms with Gasteiger partial charge < -0.3 is 15.2 Å². The van der Waals surface area contributed by atoms with Crippen molar-refractivity contribution in [1.82, 2.24) is 10.2 Å². The summed E-state index contributed by atoms with van der Waals surface area (Å²) in [5, 5.41) is 13.1. The third-order valence-corrected chi connectivity index (χ3v) is 4.13. The molecule has 1 rings (SSSR count). The molecule has 1 saturated heterocycles. The van der Waals surface area contributed by atoms with Crippen molar-refractivity contribution in [3.05, 3.63) is 0 Å². The number of aliphatic hydroxyl groups is 1. The fraction of sp³-hybridized carbons (Fsp3) is 1.00. The number of hydrogen-bond acceptors (Lipinski definition) is 5. The number of rotatable bonds is 7. The molecule has 0 saturated carbocycles. The Labute approximate surface area is 109 Å². The van der Waals surface area contributed by atoms with E-state index in [1.165, 1.54) is 0 Å². The Morgan fingerprint density at radius 2 is 2.29 bits per heavy atom. The van der Waals surface area contributed by atoms with Crippen LogP contribution in [-0.2, 0) is 4.74 Å². The Bertz CT molecular complexity index is 215. The van der Waals surface area contributed by atoms with Crippen LogP contribution in [0.5, 0.6) is 0 Å². The van der Waals surface area contributed by atoms with Crippen molar-refractivity contribution in [3.8, 4) is 0 Å². The molecule has 1 unspecified atom stereocenters. The highest BCUT2D eigenvalue weighted by molar-refractivity contribution is 8.00. The zero-order valence-electron chi connectivity index (χ0n) is 11.2. The second-order valence-corrected chi connectivity index (χ2v) is 7.00. The monoisotopic (exact) mass is 262 g/mol. The average Bonchev–Trinajstić information content (AvgIpc) is 2.23. The molecule has 102 valence electrons. The molecule has 0 bridgehead atoms. The van der Waals surface area contributed by atoms with E-state index in [-0.39, 0.29) is 6.10 Å². The van der Waals surface area contributed by atoms with Gasteiger partial charge in [-0.1, -0.05) is 0 Å². The van der Waals surface area contributed by atoms with Crippen LogP contribution in [-0.4, -0.2) is 73.1 Å². The molecule has 1 fully saturated rings. The van der Waals surface area contributed by atoms with Crippen LogP contribution in [0.25, 0.3) is 0 Å². The van der Waals surface area contributed by atoms with E-state index in [1.807, 2.05) is 11.8 Å².